The summed E-state index contributed by atoms with van der Waals surface area (Å²) in [5, 5.41) is 5.01. The SMILES string of the molecule is COCc1cc(N)n(-c2ccc(Cl)cc2)n1. The van der Waals surface area contributed by atoms with Gasteiger partial charge in [0.1, 0.15) is 5.82 Å². The highest BCUT2D eigenvalue weighted by molar-refractivity contribution is 6.30. The van der Waals surface area contributed by atoms with Gasteiger partial charge >= 0.3 is 0 Å². The summed E-state index contributed by atoms with van der Waals surface area (Å²) in [6.07, 6.45) is 0. The quantitative estimate of drug-likeness (QED) is 0.891. The Hall–Kier alpha value is -1.52. The Balaban J connectivity index is 2.36. The van der Waals surface area contributed by atoms with E-state index < -0.39 is 0 Å². The minimum atomic E-state index is 0.449. The summed E-state index contributed by atoms with van der Waals surface area (Å²) in [5.41, 5.74) is 7.53. The topological polar surface area (TPSA) is 53.1 Å². The molecular formula is C11H12ClN3O. The summed E-state index contributed by atoms with van der Waals surface area (Å²) in [6.45, 7) is 0.449. The molecule has 2 aromatic rings. The summed E-state index contributed by atoms with van der Waals surface area (Å²) in [6, 6.07) is 9.12. The Morgan fingerprint density at radius 2 is 2.06 bits per heavy atom. The molecular weight excluding hydrogens is 226 g/mol. The standard InChI is InChI=1S/C11H12ClN3O/c1-16-7-9-6-11(13)15(14-9)10-4-2-8(12)3-5-10/h2-6H,7,13H2,1H3. The van der Waals surface area contributed by atoms with Crippen molar-refractivity contribution in [2.45, 2.75) is 6.61 Å². The van der Waals surface area contributed by atoms with Crippen molar-refractivity contribution in [2.24, 2.45) is 0 Å². The Kier molecular flexibility index (Phi) is 3.12. The van der Waals surface area contributed by atoms with Gasteiger partial charge in [-0.3, -0.25) is 0 Å². The number of nitrogen functional groups attached to an aromatic ring is 1. The van der Waals surface area contributed by atoms with E-state index in [9.17, 15) is 0 Å². The van der Waals surface area contributed by atoms with Gasteiger partial charge in [-0.25, -0.2) is 4.68 Å². The van der Waals surface area contributed by atoms with Crippen molar-refractivity contribution in [1.82, 2.24) is 9.78 Å². The molecule has 2 rings (SSSR count). The summed E-state index contributed by atoms with van der Waals surface area (Å²) in [7, 11) is 1.62. The van der Waals surface area contributed by atoms with E-state index in [1.54, 1.807) is 30.0 Å². The van der Waals surface area contributed by atoms with Crippen LogP contribution >= 0.6 is 11.6 Å². The second kappa shape index (κ2) is 4.55. The van der Waals surface area contributed by atoms with E-state index >= 15 is 0 Å². The lowest BCUT2D eigenvalue weighted by Crippen LogP contribution is -2.01. The van der Waals surface area contributed by atoms with Crippen molar-refractivity contribution in [3.8, 4) is 5.69 Å². The van der Waals surface area contributed by atoms with Gasteiger partial charge in [-0.2, -0.15) is 5.10 Å². The van der Waals surface area contributed by atoms with Crippen molar-refractivity contribution in [3.05, 3.63) is 41.0 Å². The molecule has 0 atom stereocenters. The lowest BCUT2D eigenvalue weighted by Gasteiger charge is -2.03. The molecule has 84 valence electrons. The van der Waals surface area contributed by atoms with Gasteiger partial charge in [-0.05, 0) is 24.3 Å². The van der Waals surface area contributed by atoms with Crippen LogP contribution in [0.1, 0.15) is 5.69 Å². The van der Waals surface area contributed by atoms with Crippen molar-refractivity contribution >= 4 is 17.4 Å². The minimum absolute atomic E-state index is 0.449. The zero-order valence-corrected chi connectivity index (χ0v) is 9.61. The molecule has 0 unspecified atom stereocenters. The third-order valence-electron chi connectivity index (χ3n) is 2.15. The molecule has 0 bridgehead atoms. The van der Waals surface area contributed by atoms with Crippen molar-refractivity contribution in [3.63, 3.8) is 0 Å². The largest absolute Gasteiger partial charge is 0.384 e. The molecule has 0 fully saturated rings. The minimum Gasteiger partial charge on any atom is -0.384 e. The van der Waals surface area contributed by atoms with Gasteiger partial charge in [0.2, 0.25) is 0 Å². The van der Waals surface area contributed by atoms with E-state index in [4.69, 9.17) is 22.1 Å². The highest BCUT2D eigenvalue weighted by atomic mass is 35.5. The van der Waals surface area contributed by atoms with Gasteiger partial charge in [-0.1, -0.05) is 11.6 Å². The van der Waals surface area contributed by atoms with Crippen molar-refractivity contribution in [2.75, 3.05) is 12.8 Å². The van der Waals surface area contributed by atoms with Crippen molar-refractivity contribution in [1.29, 1.82) is 0 Å². The number of rotatable bonds is 3. The number of methoxy groups -OCH3 is 1. The monoisotopic (exact) mass is 237 g/mol. The fraction of sp³-hybridized carbons (Fsp3) is 0.182. The molecule has 1 heterocycles. The van der Waals surface area contributed by atoms with Gasteiger partial charge in [-0.15, -0.1) is 0 Å². The third-order valence-corrected chi connectivity index (χ3v) is 2.40. The van der Waals surface area contributed by atoms with Gasteiger partial charge < -0.3 is 10.5 Å². The first kappa shape index (κ1) is 11.0. The van der Waals surface area contributed by atoms with Crippen LogP contribution in [0.15, 0.2) is 30.3 Å². The molecule has 0 spiro atoms. The molecule has 0 amide bonds. The first-order valence-electron chi connectivity index (χ1n) is 4.80. The van der Waals surface area contributed by atoms with E-state index in [-0.39, 0.29) is 0 Å². The van der Waals surface area contributed by atoms with Gasteiger partial charge in [0.05, 0.1) is 18.0 Å². The fourth-order valence-electron chi connectivity index (χ4n) is 1.45. The molecule has 1 aromatic carbocycles. The number of halogens is 1. The number of hydrogen-bond donors (Lipinski definition) is 1. The van der Waals surface area contributed by atoms with Crippen LogP contribution in [0.4, 0.5) is 5.82 Å². The highest BCUT2D eigenvalue weighted by Crippen LogP contribution is 2.17. The third kappa shape index (κ3) is 2.18. The Morgan fingerprint density at radius 3 is 2.69 bits per heavy atom. The molecule has 0 aliphatic carbocycles. The number of aromatic nitrogens is 2. The normalized spacial score (nSPS) is 10.6. The molecule has 2 N–H and O–H groups in total. The first-order chi connectivity index (χ1) is 7.70. The summed E-state index contributed by atoms with van der Waals surface area (Å²) < 4.78 is 6.66. The average Bonchev–Trinajstić information content (AvgIpc) is 2.61. The van der Waals surface area contributed by atoms with Crippen LogP contribution in [0.5, 0.6) is 0 Å². The van der Waals surface area contributed by atoms with Crippen LogP contribution in [0, 0.1) is 0 Å². The lowest BCUT2D eigenvalue weighted by atomic mass is 10.3. The maximum Gasteiger partial charge on any atom is 0.127 e. The molecule has 0 saturated carbocycles. The van der Waals surface area contributed by atoms with Crippen LogP contribution < -0.4 is 5.73 Å². The Labute approximate surface area is 98.6 Å². The maximum atomic E-state index is 5.85. The van der Waals surface area contributed by atoms with Crippen LogP contribution in [-0.4, -0.2) is 16.9 Å². The molecule has 0 saturated heterocycles. The van der Waals surface area contributed by atoms with Gasteiger partial charge in [0.25, 0.3) is 0 Å². The second-order valence-electron chi connectivity index (χ2n) is 3.38. The zero-order chi connectivity index (χ0) is 11.5. The Morgan fingerprint density at radius 1 is 1.38 bits per heavy atom. The number of ether oxygens (including phenoxy) is 1. The molecule has 4 nitrogen and oxygen atoms in total. The molecule has 0 aliphatic heterocycles. The summed E-state index contributed by atoms with van der Waals surface area (Å²) in [4.78, 5) is 0. The first-order valence-corrected chi connectivity index (χ1v) is 5.18. The van der Waals surface area contributed by atoms with E-state index in [1.165, 1.54) is 0 Å². The van der Waals surface area contributed by atoms with Gasteiger partial charge in [0, 0.05) is 18.2 Å². The molecule has 16 heavy (non-hydrogen) atoms. The highest BCUT2D eigenvalue weighted by Gasteiger charge is 2.06. The second-order valence-corrected chi connectivity index (χ2v) is 3.82. The molecule has 0 radical (unpaired) electrons. The van der Waals surface area contributed by atoms with E-state index in [0.29, 0.717) is 17.4 Å². The van der Waals surface area contributed by atoms with Crippen molar-refractivity contribution < 1.29 is 4.74 Å². The average molecular weight is 238 g/mol. The zero-order valence-electron chi connectivity index (χ0n) is 8.85. The number of nitrogens with two attached hydrogens (primary N) is 1. The number of hydrogen-bond acceptors (Lipinski definition) is 3. The number of nitrogens with zero attached hydrogens (tertiary/aromatic N) is 2. The van der Waals surface area contributed by atoms with Crippen LogP contribution in [0.25, 0.3) is 5.69 Å². The van der Waals surface area contributed by atoms with Crippen LogP contribution in [0.2, 0.25) is 5.02 Å². The summed E-state index contributed by atoms with van der Waals surface area (Å²) in [5.74, 6) is 0.578. The molecule has 1 aromatic heterocycles. The fourth-order valence-corrected chi connectivity index (χ4v) is 1.58. The van der Waals surface area contributed by atoms with Gasteiger partial charge in [0.15, 0.2) is 0 Å². The predicted octanol–water partition coefficient (Wildman–Crippen LogP) is 2.25. The van der Waals surface area contributed by atoms with E-state index in [2.05, 4.69) is 5.10 Å². The summed E-state index contributed by atoms with van der Waals surface area (Å²) >= 11 is 5.81. The molecule has 0 aliphatic rings. The maximum absolute atomic E-state index is 5.85. The Bertz CT molecular complexity index is 478. The van der Waals surface area contributed by atoms with Crippen LogP contribution in [0.3, 0.4) is 0 Å². The van der Waals surface area contributed by atoms with E-state index in [1.807, 2.05) is 12.1 Å². The van der Waals surface area contributed by atoms with Crippen LogP contribution in [-0.2, 0) is 11.3 Å². The molecule has 5 heteroatoms. The predicted molar refractivity (Wildman–Crippen MR) is 63.7 cm³/mol. The number of anilines is 1. The smallest absolute Gasteiger partial charge is 0.127 e. The number of benzene rings is 1. The van der Waals surface area contributed by atoms with E-state index in [0.717, 1.165) is 11.4 Å². The lowest BCUT2D eigenvalue weighted by molar-refractivity contribution is 0.181.